The van der Waals surface area contributed by atoms with Gasteiger partial charge in [-0.05, 0) is 44.5 Å². The number of halogens is 2. The lowest BCUT2D eigenvalue weighted by Gasteiger charge is -2.16. The lowest BCUT2D eigenvalue weighted by molar-refractivity contribution is 0.0790. The van der Waals surface area contributed by atoms with Gasteiger partial charge in [-0.1, -0.05) is 22.0 Å². The quantitative estimate of drug-likeness (QED) is 0.842. The number of hydrogen-bond acceptors (Lipinski definition) is 2. The molecule has 6 heteroatoms. The molecular formula is C17H21BrClN3O. The van der Waals surface area contributed by atoms with E-state index in [9.17, 15) is 4.79 Å². The average molecular weight is 399 g/mol. The number of aryl methyl sites for hydroxylation is 1. The standard InChI is InChI=1S/C17H20BrN3O.ClH/c1-11-8-16(17(22)20-7-6-14(19)10-20)12(2)21(11)15-5-3-4-13(18)9-15;/h3-5,8-9,14H,6-7,10,19H2,1-2H3;1H/t14-;/m1./s1. The van der Waals surface area contributed by atoms with Crippen molar-refractivity contribution in [1.29, 1.82) is 0 Å². The number of aromatic nitrogens is 1. The molecule has 1 aromatic heterocycles. The van der Waals surface area contributed by atoms with Crippen molar-refractivity contribution in [2.45, 2.75) is 26.3 Å². The number of nitrogens with two attached hydrogens (primary N) is 1. The molecule has 23 heavy (non-hydrogen) atoms. The third kappa shape index (κ3) is 3.47. The van der Waals surface area contributed by atoms with E-state index in [1.807, 2.05) is 43.0 Å². The van der Waals surface area contributed by atoms with Crippen LogP contribution in [0.2, 0.25) is 0 Å². The van der Waals surface area contributed by atoms with Gasteiger partial charge in [0.1, 0.15) is 0 Å². The Morgan fingerprint density at radius 1 is 1.30 bits per heavy atom. The van der Waals surface area contributed by atoms with Crippen molar-refractivity contribution in [3.8, 4) is 5.69 Å². The Kier molecular flexibility index (Phi) is 5.55. The Bertz CT molecular complexity index is 729. The molecular weight excluding hydrogens is 378 g/mol. The molecule has 1 saturated heterocycles. The van der Waals surface area contributed by atoms with E-state index in [-0.39, 0.29) is 24.4 Å². The number of hydrogen-bond donors (Lipinski definition) is 1. The van der Waals surface area contributed by atoms with Gasteiger partial charge in [-0.15, -0.1) is 12.4 Å². The summed E-state index contributed by atoms with van der Waals surface area (Å²) in [5.74, 6) is 0.0855. The van der Waals surface area contributed by atoms with Crippen LogP contribution < -0.4 is 5.73 Å². The average Bonchev–Trinajstić information content (AvgIpc) is 3.02. The highest BCUT2D eigenvalue weighted by molar-refractivity contribution is 9.10. The fraction of sp³-hybridized carbons (Fsp3) is 0.353. The predicted octanol–water partition coefficient (Wildman–Crippen LogP) is 3.45. The maximum Gasteiger partial charge on any atom is 0.255 e. The van der Waals surface area contributed by atoms with Crippen LogP contribution in [0.3, 0.4) is 0 Å². The number of amides is 1. The van der Waals surface area contributed by atoms with E-state index in [1.165, 1.54) is 0 Å². The second kappa shape index (κ2) is 7.07. The van der Waals surface area contributed by atoms with Crippen LogP contribution in [0.5, 0.6) is 0 Å². The monoisotopic (exact) mass is 397 g/mol. The van der Waals surface area contributed by atoms with Gasteiger partial charge in [0.05, 0.1) is 5.56 Å². The molecule has 124 valence electrons. The third-order valence-corrected chi connectivity index (χ3v) is 4.73. The maximum absolute atomic E-state index is 12.7. The van der Waals surface area contributed by atoms with Gasteiger partial charge in [0, 0.05) is 40.7 Å². The van der Waals surface area contributed by atoms with Gasteiger partial charge in [-0.25, -0.2) is 0 Å². The molecule has 2 heterocycles. The summed E-state index contributed by atoms with van der Waals surface area (Å²) in [5, 5.41) is 0. The number of carbonyl (C=O) groups excluding carboxylic acids is 1. The molecule has 1 aliphatic heterocycles. The van der Waals surface area contributed by atoms with Gasteiger partial charge >= 0.3 is 0 Å². The van der Waals surface area contributed by atoms with Crippen LogP contribution >= 0.6 is 28.3 Å². The van der Waals surface area contributed by atoms with Crippen LogP contribution in [0.1, 0.15) is 28.2 Å². The van der Waals surface area contributed by atoms with Crippen LogP contribution in [-0.2, 0) is 0 Å². The topological polar surface area (TPSA) is 51.3 Å². The molecule has 4 nitrogen and oxygen atoms in total. The van der Waals surface area contributed by atoms with Gasteiger partial charge in [-0.3, -0.25) is 4.79 Å². The zero-order valence-corrected chi connectivity index (χ0v) is 15.7. The van der Waals surface area contributed by atoms with E-state index in [4.69, 9.17) is 5.73 Å². The summed E-state index contributed by atoms with van der Waals surface area (Å²) in [6.07, 6.45) is 0.885. The van der Waals surface area contributed by atoms with Crippen molar-refractivity contribution in [3.63, 3.8) is 0 Å². The number of carbonyl (C=O) groups is 1. The van der Waals surface area contributed by atoms with Crippen molar-refractivity contribution in [2.75, 3.05) is 13.1 Å². The van der Waals surface area contributed by atoms with E-state index in [0.29, 0.717) is 6.54 Å². The largest absolute Gasteiger partial charge is 0.337 e. The summed E-state index contributed by atoms with van der Waals surface area (Å²) in [6.45, 7) is 5.43. The smallest absolute Gasteiger partial charge is 0.255 e. The molecule has 0 saturated carbocycles. The van der Waals surface area contributed by atoms with Crippen LogP contribution in [-0.4, -0.2) is 34.5 Å². The van der Waals surface area contributed by atoms with Gasteiger partial charge < -0.3 is 15.2 Å². The molecule has 1 fully saturated rings. The molecule has 1 aromatic carbocycles. The molecule has 2 N–H and O–H groups in total. The van der Waals surface area contributed by atoms with Crippen LogP contribution in [0.25, 0.3) is 5.69 Å². The van der Waals surface area contributed by atoms with E-state index in [1.54, 1.807) is 0 Å². The Morgan fingerprint density at radius 3 is 2.65 bits per heavy atom. The van der Waals surface area contributed by atoms with Gasteiger partial charge in [0.25, 0.3) is 5.91 Å². The number of likely N-dealkylation sites (tertiary alicyclic amines) is 1. The Morgan fingerprint density at radius 2 is 2.04 bits per heavy atom. The lowest BCUT2D eigenvalue weighted by Crippen LogP contribution is -2.32. The molecule has 0 aliphatic carbocycles. The first-order valence-electron chi connectivity index (χ1n) is 7.47. The summed E-state index contributed by atoms with van der Waals surface area (Å²) in [4.78, 5) is 14.6. The zero-order valence-electron chi connectivity index (χ0n) is 13.3. The SMILES string of the molecule is Cc1cc(C(=O)N2CC[C@@H](N)C2)c(C)n1-c1cccc(Br)c1.Cl. The molecule has 0 unspecified atom stereocenters. The number of benzene rings is 1. The molecule has 1 aliphatic rings. The fourth-order valence-electron chi connectivity index (χ4n) is 3.13. The first-order valence-corrected chi connectivity index (χ1v) is 8.26. The molecule has 0 spiro atoms. The van der Waals surface area contributed by atoms with Gasteiger partial charge in [0.2, 0.25) is 0 Å². The predicted molar refractivity (Wildman–Crippen MR) is 98.7 cm³/mol. The summed E-state index contributed by atoms with van der Waals surface area (Å²) >= 11 is 3.50. The lowest BCUT2D eigenvalue weighted by atomic mass is 10.2. The minimum atomic E-state index is 0. The first kappa shape index (κ1) is 18.0. The summed E-state index contributed by atoms with van der Waals surface area (Å²) in [7, 11) is 0. The zero-order chi connectivity index (χ0) is 15.9. The van der Waals surface area contributed by atoms with Crippen molar-refractivity contribution >= 4 is 34.2 Å². The summed E-state index contributed by atoms with van der Waals surface area (Å²) < 4.78 is 3.14. The second-order valence-electron chi connectivity index (χ2n) is 5.90. The van der Waals surface area contributed by atoms with Crippen molar-refractivity contribution in [2.24, 2.45) is 5.73 Å². The van der Waals surface area contributed by atoms with E-state index in [0.717, 1.165) is 40.1 Å². The highest BCUT2D eigenvalue weighted by atomic mass is 79.9. The fourth-order valence-corrected chi connectivity index (χ4v) is 3.52. The van der Waals surface area contributed by atoms with Crippen LogP contribution in [0.4, 0.5) is 0 Å². The van der Waals surface area contributed by atoms with Crippen LogP contribution in [0, 0.1) is 13.8 Å². The minimum Gasteiger partial charge on any atom is -0.337 e. The molecule has 1 atom stereocenters. The third-order valence-electron chi connectivity index (χ3n) is 4.24. The van der Waals surface area contributed by atoms with Gasteiger partial charge in [0.15, 0.2) is 0 Å². The van der Waals surface area contributed by atoms with Crippen molar-refractivity contribution < 1.29 is 4.79 Å². The van der Waals surface area contributed by atoms with Crippen molar-refractivity contribution in [1.82, 2.24) is 9.47 Å². The maximum atomic E-state index is 12.7. The molecule has 1 amide bonds. The highest BCUT2D eigenvalue weighted by Crippen LogP contribution is 2.25. The molecule has 3 rings (SSSR count). The second-order valence-corrected chi connectivity index (χ2v) is 6.82. The molecule has 2 aromatic rings. The van der Waals surface area contributed by atoms with Gasteiger partial charge in [-0.2, -0.15) is 0 Å². The van der Waals surface area contributed by atoms with Crippen LogP contribution in [0.15, 0.2) is 34.8 Å². The molecule has 0 bridgehead atoms. The summed E-state index contributed by atoms with van der Waals surface area (Å²) in [5.41, 5.74) is 9.78. The highest BCUT2D eigenvalue weighted by Gasteiger charge is 2.27. The Balaban J connectivity index is 0.00000192. The van der Waals surface area contributed by atoms with Crippen molar-refractivity contribution in [3.05, 3.63) is 51.8 Å². The Hall–Kier alpha value is -1.30. The van der Waals surface area contributed by atoms with E-state index >= 15 is 0 Å². The first-order chi connectivity index (χ1) is 10.5. The summed E-state index contributed by atoms with van der Waals surface area (Å²) in [6, 6.07) is 10.2. The van der Waals surface area contributed by atoms with E-state index in [2.05, 4.69) is 26.6 Å². The number of nitrogens with zero attached hydrogens (tertiary/aromatic N) is 2. The normalized spacial score (nSPS) is 17.2. The Labute approximate surface area is 151 Å². The molecule has 0 radical (unpaired) electrons. The minimum absolute atomic E-state index is 0. The number of rotatable bonds is 2. The van der Waals surface area contributed by atoms with E-state index < -0.39 is 0 Å².